The Morgan fingerprint density at radius 1 is 0.919 bits per heavy atom. The van der Waals surface area contributed by atoms with Crippen LogP contribution in [-0.2, 0) is 28.3 Å². The molecule has 0 aliphatic heterocycles. The summed E-state index contributed by atoms with van der Waals surface area (Å²) in [6, 6.07) is 19.4. The van der Waals surface area contributed by atoms with Crippen molar-refractivity contribution in [2.75, 3.05) is 12.3 Å². The highest BCUT2D eigenvalue weighted by molar-refractivity contribution is 7.99. The SMILES string of the molecule is CCCNC(=O)[C@@H](Cc1ccccc1)N(Cc1ccc(Cl)cc1Cl)C(=O)CSCc1c(Cl)cccc1Cl. The highest BCUT2D eigenvalue weighted by atomic mass is 35.5. The smallest absolute Gasteiger partial charge is 0.243 e. The number of amides is 2. The minimum atomic E-state index is -0.724. The van der Waals surface area contributed by atoms with Gasteiger partial charge in [-0.05, 0) is 47.4 Å². The van der Waals surface area contributed by atoms with Gasteiger partial charge in [-0.15, -0.1) is 11.8 Å². The van der Waals surface area contributed by atoms with Gasteiger partial charge in [0.2, 0.25) is 11.8 Å². The molecule has 0 heterocycles. The Morgan fingerprint density at radius 3 is 2.27 bits per heavy atom. The Morgan fingerprint density at radius 2 is 1.62 bits per heavy atom. The number of hydrogen-bond acceptors (Lipinski definition) is 3. The first-order chi connectivity index (χ1) is 17.8. The summed E-state index contributed by atoms with van der Waals surface area (Å²) in [6.45, 7) is 2.67. The molecule has 0 bridgehead atoms. The average molecular weight is 598 g/mol. The second kappa shape index (κ2) is 14.9. The average Bonchev–Trinajstić information content (AvgIpc) is 2.88. The van der Waals surface area contributed by atoms with Crippen LogP contribution in [0, 0.1) is 0 Å². The summed E-state index contributed by atoms with van der Waals surface area (Å²) in [5, 5.41) is 5.01. The largest absolute Gasteiger partial charge is 0.354 e. The lowest BCUT2D eigenvalue weighted by Gasteiger charge is -2.32. The number of nitrogens with zero attached hydrogens (tertiary/aromatic N) is 1. The first-order valence-corrected chi connectivity index (χ1v) is 14.5. The zero-order valence-electron chi connectivity index (χ0n) is 20.4. The maximum Gasteiger partial charge on any atom is 0.243 e. The van der Waals surface area contributed by atoms with E-state index in [0.29, 0.717) is 44.4 Å². The Labute approximate surface area is 242 Å². The van der Waals surface area contributed by atoms with Gasteiger partial charge in [-0.1, -0.05) is 95.8 Å². The van der Waals surface area contributed by atoms with Gasteiger partial charge < -0.3 is 10.2 Å². The highest BCUT2D eigenvalue weighted by Gasteiger charge is 2.30. The molecule has 0 radical (unpaired) electrons. The number of benzene rings is 3. The molecule has 0 aliphatic carbocycles. The minimum absolute atomic E-state index is 0.138. The van der Waals surface area contributed by atoms with Crippen molar-refractivity contribution in [3.8, 4) is 0 Å². The second-order valence-corrected chi connectivity index (χ2v) is 11.1. The summed E-state index contributed by atoms with van der Waals surface area (Å²) < 4.78 is 0. The van der Waals surface area contributed by atoms with E-state index in [0.717, 1.165) is 17.5 Å². The molecule has 0 fully saturated rings. The molecule has 0 aliphatic rings. The van der Waals surface area contributed by atoms with Gasteiger partial charge in [0.1, 0.15) is 6.04 Å². The van der Waals surface area contributed by atoms with E-state index in [9.17, 15) is 9.59 Å². The van der Waals surface area contributed by atoms with Gasteiger partial charge in [0.25, 0.3) is 0 Å². The van der Waals surface area contributed by atoms with E-state index in [1.807, 2.05) is 37.3 Å². The van der Waals surface area contributed by atoms with Crippen molar-refractivity contribution in [3.63, 3.8) is 0 Å². The van der Waals surface area contributed by atoms with Crippen LogP contribution in [0.2, 0.25) is 20.1 Å². The fourth-order valence-electron chi connectivity index (χ4n) is 3.75. The lowest BCUT2D eigenvalue weighted by atomic mass is 10.0. The van der Waals surface area contributed by atoms with Crippen molar-refractivity contribution in [1.29, 1.82) is 0 Å². The monoisotopic (exact) mass is 596 g/mol. The zero-order chi connectivity index (χ0) is 26.8. The van der Waals surface area contributed by atoms with Crippen LogP contribution < -0.4 is 5.32 Å². The van der Waals surface area contributed by atoms with E-state index in [4.69, 9.17) is 46.4 Å². The van der Waals surface area contributed by atoms with Crippen molar-refractivity contribution in [3.05, 3.63) is 104 Å². The first-order valence-electron chi connectivity index (χ1n) is 11.9. The quantitative estimate of drug-likeness (QED) is 0.233. The molecule has 9 heteroatoms. The number of hydrogen-bond donors (Lipinski definition) is 1. The highest BCUT2D eigenvalue weighted by Crippen LogP contribution is 2.29. The summed E-state index contributed by atoms with van der Waals surface area (Å²) in [5.74, 6) is 0.208. The third-order valence-electron chi connectivity index (χ3n) is 5.71. The molecule has 0 spiro atoms. The van der Waals surface area contributed by atoms with Gasteiger partial charge >= 0.3 is 0 Å². The van der Waals surface area contributed by atoms with Crippen molar-refractivity contribution in [1.82, 2.24) is 10.2 Å². The Kier molecular flexibility index (Phi) is 11.9. The van der Waals surface area contributed by atoms with Crippen molar-refractivity contribution in [2.24, 2.45) is 0 Å². The van der Waals surface area contributed by atoms with Crippen LogP contribution in [0.25, 0.3) is 0 Å². The number of nitrogens with one attached hydrogen (secondary N) is 1. The number of thioether (sulfide) groups is 1. The summed E-state index contributed by atoms with van der Waals surface area (Å²) in [7, 11) is 0. The van der Waals surface area contributed by atoms with E-state index in [1.165, 1.54) is 11.8 Å². The van der Waals surface area contributed by atoms with Crippen LogP contribution in [0.15, 0.2) is 66.7 Å². The molecule has 0 saturated carbocycles. The molecule has 1 N–H and O–H groups in total. The summed E-state index contributed by atoms with van der Waals surface area (Å²) >= 11 is 26.6. The fraction of sp³-hybridized carbons (Fsp3) is 0.286. The van der Waals surface area contributed by atoms with E-state index in [1.54, 1.807) is 41.3 Å². The topological polar surface area (TPSA) is 49.4 Å². The van der Waals surface area contributed by atoms with Gasteiger partial charge in [0.15, 0.2) is 0 Å². The molecule has 196 valence electrons. The molecule has 0 saturated heterocycles. The molecule has 1 atom stereocenters. The molecule has 3 rings (SSSR count). The predicted molar refractivity (Wildman–Crippen MR) is 157 cm³/mol. The van der Waals surface area contributed by atoms with E-state index in [2.05, 4.69) is 5.32 Å². The van der Waals surface area contributed by atoms with E-state index >= 15 is 0 Å². The fourth-order valence-corrected chi connectivity index (χ4v) is 5.86. The molecular formula is C28H28Cl4N2O2S. The van der Waals surface area contributed by atoms with Crippen LogP contribution in [-0.4, -0.2) is 35.1 Å². The molecular weight excluding hydrogens is 570 g/mol. The summed E-state index contributed by atoms with van der Waals surface area (Å²) in [6.07, 6.45) is 1.16. The zero-order valence-corrected chi connectivity index (χ0v) is 24.2. The van der Waals surface area contributed by atoms with Gasteiger partial charge in [0, 0.05) is 45.4 Å². The molecule has 37 heavy (non-hydrogen) atoms. The van der Waals surface area contributed by atoms with E-state index < -0.39 is 6.04 Å². The number of carbonyl (C=O) groups excluding carboxylic acids is 2. The van der Waals surface area contributed by atoms with Gasteiger partial charge in [0.05, 0.1) is 5.75 Å². The summed E-state index contributed by atoms with van der Waals surface area (Å²) in [5.41, 5.74) is 2.44. The van der Waals surface area contributed by atoms with Crippen LogP contribution in [0.3, 0.4) is 0 Å². The third kappa shape index (κ3) is 8.83. The van der Waals surface area contributed by atoms with Gasteiger partial charge in [-0.3, -0.25) is 9.59 Å². The Balaban J connectivity index is 1.88. The number of halogens is 4. The molecule has 0 unspecified atom stereocenters. The molecule has 3 aromatic rings. The Bertz CT molecular complexity index is 1190. The molecule has 2 amide bonds. The molecule has 0 aromatic heterocycles. The van der Waals surface area contributed by atoms with E-state index in [-0.39, 0.29) is 24.1 Å². The lowest BCUT2D eigenvalue weighted by molar-refractivity contribution is -0.139. The standard InChI is InChI=1S/C28H28Cl4N2O2S/c1-2-13-33-28(36)26(14-19-7-4-3-5-8-19)34(16-20-11-12-21(29)15-25(20)32)27(35)18-37-17-22-23(30)9-6-10-24(22)31/h3-12,15,26H,2,13-14,16-18H2,1H3,(H,33,36)/t26-/m1/s1. The maximum absolute atomic E-state index is 13.7. The lowest BCUT2D eigenvalue weighted by Crippen LogP contribution is -2.51. The van der Waals surface area contributed by atoms with Crippen LogP contribution in [0.5, 0.6) is 0 Å². The predicted octanol–water partition coefficient (Wildman–Crippen LogP) is 7.70. The van der Waals surface area contributed by atoms with Crippen molar-refractivity contribution < 1.29 is 9.59 Å². The normalized spacial score (nSPS) is 11.7. The minimum Gasteiger partial charge on any atom is -0.354 e. The summed E-state index contributed by atoms with van der Waals surface area (Å²) in [4.78, 5) is 28.7. The van der Waals surface area contributed by atoms with Crippen LogP contribution in [0.1, 0.15) is 30.0 Å². The van der Waals surface area contributed by atoms with Crippen LogP contribution in [0.4, 0.5) is 0 Å². The second-order valence-electron chi connectivity index (χ2n) is 8.45. The van der Waals surface area contributed by atoms with Gasteiger partial charge in [-0.2, -0.15) is 0 Å². The van der Waals surface area contributed by atoms with Crippen molar-refractivity contribution >= 4 is 70.0 Å². The Hall–Kier alpha value is -1.89. The molecule has 4 nitrogen and oxygen atoms in total. The molecule has 3 aromatic carbocycles. The van der Waals surface area contributed by atoms with Gasteiger partial charge in [-0.25, -0.2) is 0 Å². The maximum atomic E-state index is 13.7. The van der Waals surface area contributed by atoms with Crippen LogP contribution >= 0.6 is 58.2 Å². The van der Waals surface area contributed by atoms with Crippen molar-refractivity contribution in [2.45, 2.75) is 38.1 Å². The third-order valence-corrected chi connectivity index (χ3v) is 7.95. The number of carbonyl (C=O) groups is 2. The first kappa shape index (κ1) is 29.7. The number of rotatable bonds is 12.